The van der Waals surface area contributed by atoms with Crippen LogP contribution in [0.15, 0.2) is 65.3 Å². The number of pyridine rings is 1. The van der Waals surface area contributed by atoms with Crippen molar-refractivity contribution >= 4 is 23.4 Å². The van der Waals surface area contributed by atoms with Gasteiger partial charge in [0.25, 0.3) is 0 Å². The Labute approximate surface area is 158 Å². The van der Waals surface area contributed by atoms with Gasteiger partial charge in [0, 0.05) is 30.3 Å². The summed E-state index contributed by atoms with van der Waals surface area (Å²) in [5.74, 6) is 1.63. The van der Waals surface area contributed by atoms with Gasteiger partial charge < -0.3 is 9.64 Å². The van der Waals surface area contributed by atoms with E-state index in [1.54, 1.807) is 24.3 Å². The van der Waals surface area contributed by atoms with Crippen molar-refractivity contribution in [1.29, 1.82) is 0 Å². The number of halogens is 3. The van der Waals surface area contributed by atoms with Gasteiger partial charge in [-0.05, 0) is 53.9 Å². The van der Waals surface area contributed by atoms with E-state index in [4.69, 9.17) is 4.74 Å². The highest BCUT2D eigenvalue weighted by molar-refractivity contribution is 7.98. The number of allylic oxidation sites excluding steroid dienone is 2. The van der Waals surface area contributed by atoms with Gasteiger partial charge in [0.2, 0.25) is 5.88 Å². The van der Waals surface area contributed by atoms with Crippen LogP contribution in [0.25, 0.3) is 5.57 Å². The van der Waals surface area contributed by atoms with Crippen LogP contribution < -0.4 is 4.74 Å². The molecule has 0 atom stereocenters. The summed E-state index contributed by atoms with van der Waals surface area (Å²) in [6.45, 7) is 0.887. The van der Waals surface area contributed by atoms with Gasteiger partial charge in [0.05, 0.1) is 0 Å². The topological polar surface area (TPSA) is 37.7 Å². The Hall–Kier alpha value is -2.74. The maximum Gasteiger partial charge on any atom is 0.421 e. The Kier molecular flexibility index (Phi) is 4.65. The lowest BCUT2D eigenvalue weighted by Gasteiger charge is -2.29. The molecule has 27 heavy (non-hydrogen) atoms. The molecule has 0 saturated carbocycles. The minimum atomic E-state index is -4.52. The molecule has 0 N–H and O–H groups in total. The van der Waals surface area contributed by atoms with E-state index in [0.29, 0.717) is 0 Å². The molecule has 2 aromatic rings. The van der Waals surface area contributed by atoms with E-state index in [-0.39, 0.29) is 5.75 Å². The fourth-order valence-electron chi connectivity index (χ4n) is 2.80. The number of hydrogen-bond donors (Lipinski definition) is 0. The van der Waals surface area contributed by atoms with Crippen molar-refractivity contribution in [1.82, 2.24) is 9.88 Å². The summed E-state index contributed by atoms with van der Waals surface area (Å²) in [6, 6.07) is 9.04. The van der Waals surface area contributed by atoms with E-state index in [1.165, 1.54) is 24.2 Å². The molecular weight excluding hydrogens is 375 g/mol. The van der Waals surface area contributed by atoms with Crippen LogP contribution in [0.4, 0.5) is 13.2 Å². The van der Waals surface area contributed by atoms with Crippen LogP contribution in [-0.2, 0) is 6.18 Å². The van der Waals surface area contributed by atoms with Crippen LogP contribution >= 0.6 is 11.9 Å². The molecule has 1 aromatic carbocycles. The summed E-state index contributed by atoms with van der Waals surface area (Å²) in [5, 5.41) is 0. The lowest BCUT2D eigenvalue weighted by molar-refractivity contribution is -0.138. The molecule has 8 heteroatoms. The van der Waals surface area contributed by atoms with Gasteiger partial charge in [0.15, 0.2) is 0 Å². The number of hydrogen-bond acceptors (Lipinski definition) is 5. The smallest absolute Gasteiger partial charge is 0.421 e. The number of ether oxygens (including phenoxy) is 1. The lowest BCUT2D eigenvalue weighted by Crippen LogP contribution is -2.32. The van der Waals surface area contributed by atoms with Gasteiger partial charge in [-0.1, -0.05) is 12.1 Å². The number of alkyl halides is 3. The molecular formula is C19H14F3N3OS. The van der Waals surface area contributed by atoms with Crippen LogP contribution in [0, 0.1) is 0 Å². The molecule has 0 spiro atoms. The first-order valence-corrected chi connectivity index (χ1v) is 9.12. The second-order valence-corrected chi connectivity index (χ2v) is 6.69. The summed E-state index contributed by atoms with van der Waals surface area (Å²) in [5.41, 5.74) is 0.971. The summed E-state index contributed by atoms with van der Waals surface area (Å²) in [4.78, 5) is 5.80. The second kappa shape index (κ2) is 7.11. The molecule has 138 valence electrons. The molecule has 0 aliphatic carbocycles. The van der Waals surface area contributed by atoms with Crippen molar-refractivity contribution in [2.24, 2.45) is 4.40 Å². The third kappa shape index (κ3) is 3.71. The zero-order valence-electron chi connectivity index (χ0n) is 14.0. The number of nitrogens with zero attached hydrogens (tertiary/aromatic N) is 3. The van der Waals surface area contributed by atoms with Crippen LogP contribution in [0.1, 0.15) is 11.1 Å². The second-order valence-electron chi connectivity index (χ2n) is 5.84. The fourth-order valence-corrected chi connectivity index (χ4v) is 3.49. The zero-order chi connectivity index (χ0) is 18.9. The number of benzene rings is 1. The van der Waals surface area contributed by atoms with E-state index >= 15 is 0 Å². The van der Waals surface area contributed by atoms with Crippen LogP contribution in [0.3, 0.4) is 0 Å². The van der Waals surface area contributed by atoms with E-state index < -0.39 is 17.6 Å². The molecule has 0 unspecified atom stereocenters. The number of aromatic nitrogens is 1. The van der Waals surface area contributed by atoms with Crippen LogP contribution in [0.5, 0.6) is 11.6 Å². The molecule has 0 bridgehead atoms. The van der Waals surface area contributed by atoms with Gasteiger partial charge in [0.1, 0.15) is 17.1 Å². The first-order valence-electron chi connectivity index (χ1n) is 8.18. The minimum absolute atomic E-state index is 0.284. The highest BCUT2D eigenvalue weighted by Crippen LogP contribution is 2.37. The molecule has 3 heterocycles. The predicted molar refractivity (Wildman–Crippen MR) is 99.5 cm³/mol. The summed E-state index contributed by atoms with van der Waals surface area (Å²) in [6.07, 6.45) is 2.66. The molecule has 4 rings (SSSR count). The number of fused-ring (bicyclic) bond motifs is 1. The maximum atomic E-state index is 13.1. The Bertz CT molecular complexity index is 936. The quantitative estimate of drug-likeness (QED) is 0.679. The van der Waals surface area contributed by atoms with Gasteiger partial charge in [-0.3, -0.25) is 0 Å². The number of rotatable bonds is 3. The van der Waals surface area contributed by atoms with Crippen molar-refractivity contribution in [3.8, 4) is 11.6 Å². The molecule has 0 fully saturated rings. The average molecular weight is 389 g/mol. The standard InChI is InChI=1S/C19H14F3N3OS/c20-19(21,22)16-4-1-9-23-18(16)26-14-7-5-13(6-8-14)15-3-2-10-25-11-12-27-24-17(15)25/h1-10H,11-12H2. The van der Waals surface area contributed by atoms with Crippen molar-refractivity contribution in [2.45, 2.75) is 6.18 Å². The maximum absolute atomic E-state index is 13.1. The molecule has 1 aromatic heterocycles. The molecule has 2 aliphatic heterocycles. The normalized spacial score (nSPS) is 16.5. The van der Waals surface area contributed by atoms with Gasteiger partial charge >= 0.3 is 6.18 Å². The van der Waals surface area contributed by atoms with Crippen molar-refractivity contribution in [2.75, 3.05) is 12.3 Å². The molecule has 0 radical (unpaired) electrons. The summed E-state index contributed by atoms with van der Waals surface area (Å²) in [7, 11) is 0. The summed E-state index contributed by atoms with van der Waals surface area (Å²) < 4.78 is 49.1. The third-order valence-corrected chi connectivity index (χ3v) is 4.74. The van der Waals surface area contributed by atoms with Gasteiger partial charge in [-0.2, -0.15) is 17.6 Å². The average Bonchev–Trinajstić information content (AvgIpc) is 2.68. The highest BCUT2D eigenvalue weighted by Gasteiger charge is 2.35. The first-order chi connectivity index (χ1) is 13.0. The summed E-state index contributed by atoms with van der Waals surface area (Å²) >= 11 is 1.52. The van der Waals surface area contributed by atoms with Crippen molar-refractivity contribution < 1.29 is 17.9 Å². The lowest BCUT2D eigenvalue weighted by atomic mass is 10.0. The van der Waals surface area contributed by atoms with Crippen LogP contribution in [0.2, 0.25) is 0 Å². The van der Waals surface area contributed by atoms with E-state index in [2.05, 4.69) is 14.3 Å². The Balaban J connectivity index is 1.58. The minimum Gasteiger partial charge on any atom is -0.438 e. The van der Waals surface area contributed by atoms with E-state index in [1.807, 2.05) is 18.4 Å². The SMILES string of the molecule is FC(F)(F)c1cccnc1Oc1ccc(C2=CC=CN3CCSN=C23)cc1. The van der Waals surface area contributed by atoms with Crippen LogP contribution in [-0.4, -0.2) is 28.0 Å². The van der Waals surface area contributed by atoms with E-state index in [9.17, 15) is 13.2 Å². The number of amidine groups is 1. The molecule has 4 nitrogen and oxygen atoms in total. The molecule has 0 amide bonds. The zero-order valence-corrected chi connectivity index (χ0v) is 14.8. The molecule has 0 saturated heterocycles. The first kappa shape index (κ1) is 17.7. The monoisotopic (exact) mass is 389 g/mol. The van der Waals surface area contributed by atoms with Crippen molar-refractivity contribution in [3.05, 3.63) is 72.1 Å². The van der Waals surface area contributed by atoms with E-state index in [0.717, 1.165) is 35.3 Å². The largest absolute Gasteiger partial charge is 0.438 e. The Morgan fingerprint density at radius 3 is 2.70 bits per heavy atom. The van der Waals surface area contributed by atoms with Gasteiger partial charge in [-0.25, -0.2) is 4.98 Å². The van der Waals surface area contributed by atoms with Gasteiger partial charge in [-0.15, -0.1) is 0 Å². The van der Waals surface area contributed by atoms with Crippen molar-refractivity contribution in [3.63, 3.8) is 0 Å². The third-order valence-electron chi connectivity index (χ3n) is 4.07. The predicted octanol–water partition coefficient (Wildman–Crippen LogP) is 5.17. The fraction of sp³-hybridized carbons (Fsp3) is 0.158. The Morgan fingerprint density at radius 2 is 1.93 bits per heavy atom. The highest BCUT2D eigenvalue weighted by atomic mass is 32.2. The Morgan fingerprint density at radius 1 is 1.11 bits per heavy atom. The molecule has 2 aliphatic rings.